The van der Waals surface area contributed by atoms with Crippen molar-refractivity contribution in [3.05, 3.63) is 64.3 Å². The highest BCUT2D eigenvalue weighted by Gasteiger charge is 2.08. The van der Waals surface area contributed by atoms with Gasteiger partial charge in [0.2, 0.25) is 5.56 Å². The van der Waals surface area contributed by atoms with E-state index in [9.17, 15) is 17.9 Å². The summed E-state index contributed by atoms with van der Waals surface area (Å²) in [6, 6.07) is 9.18. The van der Waals surface area contributed by atoms with Crippen LogP contribution in [0, 0.1) is 5.82 Å². The predicted octanol–water partition coefficient (Wildman–Crippen LogP) is 2.58. The van der Waals surface area contributed by atoms with E-state index in [4.69, 9.17) is 0 Å². The Morgan fingerprint density at radius 2 is 1.93 bits per heavy atom. The largest absolute Gasteiger partial charge is 0.760 e. The Morgan fingerprint density at radius 3 is 2.67 bits per heavy atom. The molecule has 27 heavy (non-hydrogen) atoms. The summed E-state index contributed by atoms with van der Waals surface area (Å²) < 4.78 is 37.4. The van der Waals surface area contributed by atoms with Crippen LogP contribution in [0.4, 0.5) is 15.8 Å². The van der Waals surface area contributed by atoms with Gasteiger partial charge >= 0.3 is 0 Å². The number of nitrogens with zero attached hydrogens (tertiary/aromatic N) is 1. The van der Waals surface area contributed by atoms with Crippen molar-refractivity contribution in [3.8, 4) is 0 Å². The highest BCUT2D eigenvalue weighted by molar-refractivity contribution is 7.77. The number of halogens is 3. The van der Waals surface area contributed by atoms with Crippen LogP contribution < -0.4 is 15.6 Å². The first kappa shape index (κ1) is 23.0. The lowest BCUT2D eigenvalue weighted by molar-refractivity contribution is 0.523. The van der Waals surface area contributed by atoms with Crippen LogP contribution in [0.2, 0.25) is 0 Å². The molecule has 0 aliphatic rings. The number of aromatic nitrogens is 2. The fraction of sp³-hybridized carbons (Fsp3) is 0.125. The van der Waals surface area contributed by atoms with Crippen molar-refractivity contribution in [1.82, 2.24) is 14.7 Å². The molecule has 0 aliphatic carbocycles. The van der Waals surface area contributed by atoms with Crippen LogP contribution in [0.15, 0.2) is 47.4 Å². The molecule has 0 saturated heterocycles. The maximum Gasteiger partial charge on any atom is 0.249 e. The van der Waals surface area contributed by atoms with Crippen molar-refractivity contribution in [3.63, 3.8) is 0 Å². The van der Waals surface area contributed by atoms with E-state index in [0.717, 1.165) is 5.56 Å². The lowest BCUT2D eigenvalue weighted by Gasteiger charge is -2.12. The van der Waals surface area contributed by atoms with Gasteiger partial charge in [0.05, 0.1) is 11.4 Å². The lowest BCUT2D eigenvalue weighted by atomic mass is 10.1. The molecule has 0 radical (unpaired) electrons. The Kier molecular flexibility index (Phi) is 8.80. The topological polar surface area (TPSA) is 110 Å². The molecule has 3 aromatic rings. The number of aromatic amines is 1. The number of hydrogen-bond donors (Lipinski definition) is 3. The second-order valence-electron chi connectivity index (χ2n) is 5.26. The Bertz CT molecular complexity index is 1000. The van der Waals surface area contributed by atoms with E-state index >= 15 is 0 Å². The maximum absolute atomic E-state index is 14.1. The molecule has 0 amide bonds. The van der Waals surface area contributed by atoms with Gasteiger partial charge in [0.25, 0.3) is 0 Å². The molecule has 0 spiro atoms. The van der Waals surface area contributed by atoms with E-state index < -0.39 is 17.1 Å². The molecule has 7 nitrogen and oxygen atoms in total. The lowest BCUT2D eigenvalue weighted by Crippen LogP contribution is -2.19. The second kappa shape index (κ2) is 10.3. The number of H-pyrrole nitrogens is 1. The molecule has 1 atom stereocenters. The number of rotatable bonds is 6. The highest BCUT2D eigenvalue weighted by atomic mass is 35.5. The molecular weight excluding hydrogens is 418 g/mol. The van der Waals surface area contributed by atoms with Crippen LogP contribution in [0.1, 0.15) is 5.56 Å². The molecule has 1 aromatic carbocycles. The molecular formula is C16H16Cl2FN4O3S-. The third-order valence-corrected chi connectivity index (χ3v) is 4.01. The van der Waals surface area contributed by atoms with Crippen LogP contribution >= 0.6 is 24.8 Å². The first-order valence-corrected chi connectivity index (χ1v) is 8.47. The fourth-order valence-corrected chi connectivity index (χ4v) is 2.68. The molecule has 0 fully saturated rings. The molecule has 2 heterocycles. The van der Waals surface area contributed by atoms with Crippen molar-refractivity contribution < 1.29 is 13.2 Å². The normalized spacial score (nSPS) is 11.3. The summed E-state index contributed by atoms with van der Waals surface area (Å²) in [6.07, 6.45) is 1.93. The SMILES string of the molecule is Cl.Cl.O=c1ccc2c(Nc3cc(CCNS(=O)[O-])ccc3F)ccnc2[nH]1. The zero-order chi connectivity index (χ0) is 17.8. The number of anilines is 2. The molecule has 146 valence electrons. The van der Waals surface area contributed by atoms with Gasteiger partial charge in [-0.1, -0.05) is 6.07 Å². The van der Waals surface area contributed by atoms with Crippen molar-refractivity contribution in [2.24, 2.45) is 0 Å². The standard InChI is InChI=1S/C16H15FN4O3S.2ClH/c17-12-3-1-10(5-8-19-25(23)24)9-14(12)20-13-6-7-18-16-11(13)2-4-15(22)21-16;;/h1-4,6-7,9,19H,5,8H2,(H,23,24)(H2,18,20,21,22);2*1H/p-1. The summed E-state index contributed by atoms with van der Waals surface area (Å²) in [5.74, 6) is -0.446. The zero-order valence-electron chi connectivity index (χ0n) is 13.7. The second-order valence-corrected chi connectivity index (χ2v) is 6.02. The smallest absolute Gasteiger partial charge is 0.249 e. The Balaban J connectivity index is 0.00000182. The first-order chi connectivity index (χ1) is 12.0. The summed E-state index contributed by atoms with van der Waals surface area (Å²) in [5, 5.41) is 3.64. The third-order valence-electron chi connectivity index (χ3n) is 3.57. The van der Waals surface area contributed by atoms with E-state index in [2.05, 4.69) is 20.0 Å². The molecule has 3 N–H and O–H groups in total. The van der Waals surface area contributed by atoms with E-state index in [1.807, 2.05) is 0 Å². The van der Waals surface area contributed by atoms with Gasteiger partial charge in [0, 0.05) is 35.5 Å². The van der Waals surface area contributed by atoms with E-state index in [0.29, 0.717) is 23.1 Å². The minimum atomic E-state index is -2.32. The summed E-state index contributed by atoms with van der Waals surface area (Å²) in [4.78, 5) is 18.1. The Morgan fingerprint density at radius 1 is 1.15 bits per heavy atom. The average molecular weight is 434 g/mol. The molecule has 3 rings (SSSR count). The summed E-state index contributed by atoms with van der Waals surface area (Å²) in [5.41, 5.74) is 1.74. The van der Waals surface area contributed by atoms with Crippen LogP contribution in [-0.4, -0.2) is 25.3 Å². The van der Waals surface area contributed by atoms with Gasteiger partial charge < -0.3 is 14.9 Å². The Hall–Kier alpha value is -2.04. The van der Waals surface area contributed by atoms with E-state index in [1.54, 1.807) is 24.3 Å². The highest BCUT2D eigenvalue weighted by Crippen LogP contribution is 2.26. The van der Waals surface area contributed by atoms with Crippen molar-refractivity contribution in [1.29, 1.82) is 0 Å². The van der Waals surface area contributed by atoms with Gasteiger partial charge in [-0.3, -0.25) is 9.00 Å². The van der Waals surface area contributed by atoms with Crippen LogP contribution in [0.5, 0.6) is 0 Å². The van der Waals surface area contributed by atoms with Crippen LogP contribution in [0.3, 0.4) is 0 Å². The average Bonchev–Trinajstić information content (AvgIpc) is 2.57. The van der Waals surface area contributed by atoms with Crippen molar-refractivity contribution in [2.45, 2.75) is 6.42 Å². The molecule has 11 heteroatoms. The van der Waals surface area contributed by atoms with Gasteiger partial charge in [-0.15, -0.1) is 24.8 Å². The molecule has 2 aromatic heterocycles. The summed E-state index contributed by atoms with van der Waals surface area (Å²) in [7, 11) is 0. The van der Waals surface area contributed by atoms with Gasteiger partial charge in [0.1, 0.15) is 11.5 Å². The summed E-state index contributed by atoms with van der Waals surface area (Å²) >= 11 is -2.32. The number of nitrogens with one attached hydrogen (secondary N) is 3. The number of fused-ring (bicyclic) bond motifs is 1. The van der Waals surface area contributed by atoms with Gasteiger partial charge in [0.15, 0.2) is 0 Å². The van der Waals surface area contributed by atoms with Crippen LogP contribution in [-0.2, 0) is 17.7 Å². The predicted molar refractivity (Wildman–Crippen MR) is 107 cm³/mol. The third kappa shape index (κ3) is 5.98. The molecule has 1 unspecified atom stereocenters. The van der Waals surface area contributed by atoms with Gasteiger partial charge in [-0.25, -0.2) is 14.1 Å². The molecule has 0 saturated carbocycles. The van der Waals surface area contributed by atoms with Gasteiger partial charge in [-0.05, 0) is 36.2 Å². The van der Waals surface area contributed by atoms with E-state index in [1.165, 1.54) is 18.3 Å². The first-order valence-electron chi connectivity index (χ1n) is 7.39. The minimum Gasteiger partial charge on any atom is -0.760 e. The zero-order valence-corrected chi connectivity index (χ0v) is 16.2. The number of hydrogen-bond acceptors (Lipinski definition) is 5. The van der Waals surface area contributed by atoms with Crippen LogP contribution in [0.25, 0.3) is 11.0 Å². The monoisotopic (exact) mass is 433 g/mol. The molecule has 0 aliphatic heterocycles. The van der Waals surface area contributed by atoms with Crippen molar-refractivity contribution in [2.75, 3.05) is 11.9 Å². The minimum absolute atomic E-state index is 0. The van der Waals surface area contributed by atoms with E-state index in [-0.39, 0.29) is 42.6 Å². The number of pyridine rings is 2. The number of benzene rings is 1. The Labute approximate surface area is 169 Å². The van der Waals surface area contributed by atoms with Crippen molar-refractivity contribution >= 4 is 58.5 Å². The quantitative estimate of drug-likeness (QED) is 0.517. The maximum atomic E-state index is 14.1. The van der Waals surface area contributed by atoms with Gasteiger partial charge in [-0.2, -0.15) is 0 Å². The molecule has 0 bridgehead atoms. The fourth-order valence-electron chi connectivity index (χ4n) is 2.42. The summed E-state index contributed by atoms with van der Waals surface area (Å²) in [6.45, 7) is 0.223.